The Morgan fingerprint density at radius 1 is 1.19 bits per heavy atom. The second kappa shape index (κ2) is 9.57. The Balaban J connectivity index is 2.54. The zero-order valence-corrected chi connectivity index (χ0v) is 18.3. The fraction of sp³-hybridized carbons (Fsp3) is 0.294. The van der Waals surface area contributed by atoms with Gasteiger partial charge in [0.1, 0.15) is 0 Å². The minimum absolute atomic E-state index is 0.101. The van der Waals surface area contributed by atoms with Gasteiger partial charge in [0.15, 0.2) is 4.90 Å². The van der Waals surface area contributed by atoms with E-state index in [0.717, 1.165) is 12.1 Å². The minimum Gasteiger partial charge on any atom is -0.398 e. The lowest BCUT2D eigenvalue weighted by atomic mass is 10.1. The zero-order chi connectivity index (χ0) is 23.6. The Morgan fingerprint density at radius 3 is 2.35 bits per heavy atom. The van der Waals surface area contributed by atoms with Gasteiger partial charge in [0.05, 0.1) is 21.0 Å². The number of hydrogen-bond donors (Lipinski definition) is 1. The third-order valence-electron chi connectivity index (χ3n) is 3.85. The SMILES string of the molecule is CN(C)C[C@@H](NS(=O)(=O)c1cccc(OC(F)(F)F)c1[N+](=O)[O-])c1ccc(Cl)c(Cl)c1. The van der Waals surface area contributed by atoms with Crippen LogP contribution in [0.25, 0.3) is 0 Å². The largest absolute Gasteiger partial charge is 0.573 e. The summed E-state index contributed by atoms with van der Waals surface area (Å²) in [5.74, 6) is -1.25. The number of hydrogen-bond acceptors (Lipinski definition) is 6. The van der Waals surface area contributed by atoms with Crippen LogP contribution in [-0.2, 0) is 10.0 Å². The summed E-state index contributed by atoms with van der Waals surface area (Å²) < 4.78 is 69.7. The lowest BCUT2D eigenvalue weighted by Crippen LogP contribution is -2.35. The number of halogens is 5. The number of sulfonamides is 1. The quantitative estimate of drug-likeness (QED) is 0.425. The van der Waals surface area contributed by atoms with Gasteiger partial charge in [0.25, 0.3) is 0 Å². The van der Waals surface area contributed by atoms with Crippen LogP contribution in [-0.4, -0.2) is 45.2 Å². The molecule has 170 valence electrons. The summed E-state index contributed by atoms with van der Waals surface area (Å²) in [5, 5.41) is 11.8. The number of ether oxygens (including phenoxy) is 1. The number of nitro benzene ring substituents is 1. The van der Waals surface area contributed by atoms with Crippen molar-refractivity contribution in [3.05, 3.63) is 62.1 Å². The number of alkyl halides is 3. The fourth-order valence-electron chi connectivity index (χ4n) is 2.66. The summed E-state index contributed by atoms with van der Waals surface area (Å²) in [5.41, 5.74) is -0.956. The van der Waals surface area contributed by atoms with E-state index in [9.17, 15) is 31.7 Å². The highest BCUT2D eigenvalue weighted by Crippen LogP contribution is 2.37. The maximum Gasteiger partial charge on any atom is 0.573 e. The highest BCUT2D eigenvalue weighted by Gasteiger charge is 2.38. The predicted molar refractivity (Wildman–Crippen MR) is 108 cm³/mol. The molecule has 0 saturated heterocycles. The lowest BCUT2D eigenvalue weighted by molar-refractivity contribution is -0.391. The van der Waals surface area contributed by atoms with E-state index in [1.807, 2.05) is 0 Å². The molecule has 0 aliphatic rings. The average Bonchev–Trinajstić information content (AvgIpc) is 2.61. The van der Waals surface area contributed by atoms with Gasteiger partial charge in [-0.1, -0.05) is 35.3 Å². The Kier molecular flexibility index (Phi) is 7.76. The van der Waals surface area contributed by atoms with Crippen molar-refractivity contribution in [3.63, 3.8) is 0 Å². The number of nitrogens with one attached hydrogen (secondary N) is 1. The molecule has 0 spiro atoms. The molecule has 0 radical (unpaired) electrons. The van der Waals surface area contributed by atoms with E-state index in [1.165, 1.54) is 18.2 Å². The maximum absolute atomic E-state index is 13.0. The number of benzene rings is 2. The molecule has 14 heteroatoms. The van der Waals surface area contributed by atoms with E-state index in [4.69, 9.17) is 23.2 Å². The molecule has 0 saturated carbocycles. The molecule has 0 bridgehead atoms. The molecule has 0 aromatic heterocycles. The van der Waals surface area contributed by atoms with Gasteiger partial charge in [0, 0.05) is 6.54 Å². The maximum atomic E-state index is 13.0. The molecule has 2 aromatic carbocycles. The van der Waals surface area contributed by atoms with Crippen molar-refractivity contribution >= 4 is 38.9 Å². The van der Waals surface area contributed by atoms with Gasteiger partial charge in [0.2, 0.25) is 15.8 Å². The lowest BCUT2D eigenvalue weighted by Gasteiger charge is -2.23. The Bertz CT molecular complexity index is 1080. The molecule has 1 N–H and O–H groups in total. The fourth-order valence-corrected chi connectivity index (χ4v) is 4.37. The smallest absolute Gasteiger partial charge is 0.398 e. The monoisotopic (exact) mass is 501 g/mol. The normalized spacial score (nSPS) is 13.3. The predicted octanol–water partition coefficient (Wildman–Crippen LogP) is 4.38. The third kappa shape index (κ3) is 6.68. The van der Waals surface area contributed by atoms with Crippen LogP contribution < -0.4 is 9.46 Å². The molecule has 2 aromatic rings. The van der Waals surface area contributed by atoms with Crippen molar-refractivity contribution in [3.8, 4) is 5.75 Å². The number of likely N-dealkylation sites (N-methyl/N-ethyl adjacent to an activating group) is 1. The van der Waals surface area contributed by atoms with Crippen LogP contribution in [0.1, 0.15) is 11.6 Å². The molecule has 8 nitrogen and oxygen atoms in total. The van der Waals surface area contributed by atoms with Crippen LogP contribution in [0.2, 0.25) is 10.0 Å². The highest BCUT2D eigenvalue weighted by atomic mass is 35.5. The van der Waals surface area contributed by atoms with Crippen LogP contribution in [0.4, 0.5) is 18.9 Å². The van der Waals surface area contributed by atoms with Gasteiger partial charge in [-0.15, -0.1) is 13.2 Å². The van der Waals surface area contributed by atoms with Crippen molar-refractivity contribution in [2.24, 2.45) is 0 Å². The first kappa shape index (κ1) is 25.1. The summed E-state index contributed by atoms with van der Waals surface area (Å²) in [6, 6.07) is 5.77. The van der Waals surface area contributed by atoms with Gasteiger partial charge in [-0.2, -0.15) is 0 Å². The molecule has 1 atom stereocenters. The van der Waals surface area contributed by atoms with Crippen LogP contribution in [0.15, 0.2) is 41.3 Å². The number of nitro groups is 1. The molecule has 0 amide bonds. The molecule has 2 rings (SSSR count). The van der Waals surface area contributed by atoms with Gasteiger partial charge in [-0.05, 0) is 43.9 Å². The van der Waals surface area contributed by atoms with E-state index in [1.54, 1.807) is 19.0 Å². The van der Waals surface area contributed by atoms with E-state index in [2.05, 4.69) is 9.46 Å². The van der Waals surface area contributed by atoms with E-state index >= 15 is 0 Å². The van der Waals surface area contributed by atoms with Gasteiger partial charge in [-0.25, -0.2) is 13.1 Å². The number of rotatable bonds is 8. The molecule has 0 aliphatic carbocycles. The van der Waals surface area contributed by atoms with Gasteiger partial charge in [-0.3, -0.25) is 10.1 Å². The zero-order valence-electron chi connectivity index (χ0n) is 16.0. The average molecular weight is 502 g/mol. The van der Waals surface area contributed by atoms with Crippen molar-refractivity contribution in [2.45, 2.75) is 17.3 Å². The van der Waals surface area contributed by atoms with Crippen molar-refractivity contribution in [2.75, 3.05) is 20.6 Å². The van der Waals surface area contributed by atoms with Gasteiger partial charge < -0.3 is 9.64 Å². The summed E-state index contributed by atoms with van der Waals surface area (Å²) in [6.07, 6.45) is -5.26. The first-order valence-corrected chi connectivity index (χ1v) is 10.6. The molecule has 0 fully saturated rings. The minimum atomic E-state index is -5.26. The van der Waals surface area contributed by atoms with Gasteiger partial charge >= 0.3 is 12.0 Å². The van der Waals surface area contributed by atoms with E-state index in [-0.39, 0.29) is 16.6 Å². The second-order valence-electron chi connectivity index (χ2n) is 6.52. The van der Waals surface area contributed by atoms with Crippen molar-refractivity contribution in [1.29, 1.82) is 0 Å². The standard InChI is InChI=1S/C17H16Cl2F3N3O5S/c1-24(2)9-13(10-6-7-11(18)12(19)8-10)23-31(28,29)15-5-3-4-14(16(15)25(26)27)30-17(20,21)22/h3-8,13,23H,9H2,1-2H3/t13-/m1/s1. The molecular weight excluding hydrogens is 486 g/mol. The Labute approximate surface area is 185 Å². The summed E-state index contributed by atoms with van der Waals surface area (Å²) >= 11 is 11.9. The topological polar surface area (TPSA) is 102 Å². The van der Waals surface area contributed by atoms with E-state index < -0.39 is 43.7 Å². The summed E-state index contributed by atoms with van der Waals surface area (Å²) in [4.78, 5) is 10.8. The van der Waals surface area contributed by atoms with Crippen LogP contribution >= 0.6 is 23.2 Å². The Hall–Kier alpha value is -2.12. The van der Waals surface area contributed by atoms with Crippen LogP contribution in [0.3, 0.4) is 0 Å². The van der Waals surface area contributed by atoms with Crippen molar-refractivity contribution in [1.82, 2.24) is 9.62 Å². The highest BCUT2D eigenvalue weighted by molar-refractivity contribution is 7.89. The summed E-state index contributed by atoms with van der Waals surface area (Å²) in [7, 11) is -1.37. The Morgan fingerprint density at radius 2 is 1.84 bits per heavy atom. The molecule has 0 heterocycles. The third-order valence-corrected chi connectivity index (χ3v) is 6.09. The second-order valence-corrected chi connectivity index (χ2v) is 9.01. The van der Waals surface area contributed by atoms with Crippen molar-refractivity contribution < 1.29 is 31.2 Å². The molecular formula is C17H16Cl2F3N3O5S. The van der Waals surface area contributed by atoms with Crippen LogP contribution in [0.5, 0.6) is 5.75 Å². The number of nitrogens with zero attached hydrogens (tertiary/aromatic N) is 2. The van der Waals surface area contributed by atoms with Crippen LogP contribution in [0, 0.1) is 10.1 Å². The first-order chi connectivity index (χ1) is 14.2. The number of para-hydroxylation sites is 1. The van der Waals surface area contributed by atoms with E-state index in [0.29, 0.717) is 11.6 Å². The molecule has 31 heavy (non-hydrogen) atoms. The molecule has 0 aliphatic heterocycles. The first-order valence-electron chi connectivity index (χ1n) is 8.36. The summed E-state index contributed by atoms with van der Waals surface area (Å²) in [6.45, 7) is 0.101. The molecule has 0 unspecified atom stereocenters.